The van der Waals surface area contributed by atoms with Crippen LogP contribution in [0.3, 0.4) is 0 Å². The molecule has 0 saturated heterocycles. The van der Waals surface area contributed by atoms with Gasteiger partial charge in [0.05, 0.1) is 11.0 Å². The minimum Gasteiger partial charge on any atom is -0.322 e. The summed E-state index contributed by atoms with van der Waals surface area (Å²) in [6.45, 7) is 1.77. The number of nitrogens with zero attached hydrogens (tertiary/aromatic N) is 2. The Labute approximate surface area is 128 Å². The van der Waals surface area contributed by atoms with Crippen molar-refractivity contribution < 1.29 is 9.72 Å². The first-order chi connectivity index (χ1) is 9.88. The van der Waals surface area contributed by atoms with Gasteiger partial charge in [-0.25, -0.2) is 4.98 Å². The van der Waals surface area contributed by atoms with E-state index in [1.807, 2.05) is 0 Å². The number of nitrogens with one attached hydrogen (secondary N) is 1. The van der Waals surface area contributed by atoms with E-state index in [4.69, 9.17) is 17.3 Å². The van der Waals surface area contributed by atoms with Gasteiger partial charge in [0.1, 0.15) is 15.7 Å². The van der Waals surface area contributed by atoms with Crippen LogP contribution in [0.2, 0.25) is 5.02 Å². The van der Waals surface area contributed by atoms with Crippen molar-refractivity contribution in [1.82, 2.24) is 4.98 Å². The lowest BCUT2D eigenvalue weighted by Gasteiger charge is -2.04. The van der Waals surface area contributed by atoms with Crippen LogP contribution < -0.4 is 11.1 Å². The van der Waals surface area contributed by atoms with Gasteiger partial charge in [-0.1, -0.05) is 11.6 Å². The van der Waals surface area contributed by atoms with Gasteiger partial charge in [-0.2, -0.15) is 0 Å². The quantitative estimate of drug-likeness (QED) is 0.662. The van der Waals surface area contributed by atoms with Gasteiger partial charge in [-0.05, 0) is 19.1 Å². The Morgan fingerprint density at radius 1 is 1.57 bits per heavy atom. The fourth-order valence-corrected chi connectivity index (χ4v) is 2.54. The third-order valence-corrected chi connectivity index (χ3v) is 3.89. The topological polar surface area (TPSA) is 111 Å². The molecule has 9 heteroatoms. The third-order valence-electron chi connectivity index (χ3n) is 2.55. The lowest BCUT2D eigenvalue weighted by Crippen LogP contribution is -2.13. The van der Waals surface area contributed by atoms with Crippen LogP contribution in [0.1, 0.15) is 28.5 Å². The van der Waals surface area contributed by atoms with Crippen LogP contribution in [0.5, 0.6) is 0 Å². The van der Waals surface area contributed by atoms with E-state index in [0.29, 0.717) is 10.7 Å². The van der Waals surface area contributed by atoms with Crippen LogP contribution in [0.15, 0.2) is 23.6 Å². The molecule has 1 aromatic carbocycles. The first kappa shape index (κ1) is 15.4. The number of carbonyl (C=O) groups is 1. The molecule has 0 saturated carbocycles. The maximum Gasteiger partial charge on any atom is 0.288 e. The van der Waals surface area contributed by atoms with E-state index < -0.39 is 10.8 Å². The van der Waals surface area contributed by atoms with Crippen LogP contribution in [-0.4, -0.2) is 15.8 Å². The Hall–Kier alpha value is -2.03. The molecule has 1 aromatic heterocycles. The molecule has 1 amide bonds. The van der Waals surface area contributed by atoms with Gasteiger partial charge in [0.15, 0.2) is 0 Å². The molecule has 0 radical (unpaired) electrons. The van der Waals surface area contributed by atoms with E-state index >= 15 is 0 Å². The van der Waals surface area contributed by atoms with Crippen LogP contribution in [-0.2, 0) is 0 Å². The number of aromatic nitrogens is 1. The van der Waals surface area contributed by atoms with Gasteiger partial charge < -0.3 is 11.1 Å². The smallest absolute Gasteiger partial charge is 0.288 e. The summed E-state index contributed by atoms with van der Waals surface area (Å²) in [5, 5.41) is 15.4. The highest BCUT2D eigenvalue weighted by Crippen LogP contribution is 2.27. The molecule has 0 bridgehead atoms. The van der Waals surface area contributed by atoms with Crippen LogP contribution in [0.25, 0.3) is 0 Å². The number of carbonyl (C=O) groups excluding carboxylic acids is 1. The van der Waals surface area contributed by atoms with Gasteiger partial charge in [-0.3, -0.25) is 14.9 Å². The molecule has 0 aliphatic rings. The molecule has 0 aliphatic carbocycles. The molecule has 0 aliphatic heterocycles. The number of nitro groups is 1. The van der Waals surface area contributed by atoms with E-state index in [1.54, 1.807) is 12.3 Å². The average molecular weight is 327 g/mol. The van der Waals surface area contributed by atoms with E-state index in [1.165, 1.54) is 29.5 Å². The standard InChI is InChI=1S/C12H11ClN4O3S/c1-6(14)12-16-9(5-21-12)11(18)15-7-2-3-10(17(19)20)8(13)4-7/h2-6H,14H2,1H3,(H,15,18). The largest absolute Gasteiger partial charge is 0.322 e. The summed E-state index contributed by atoms with van der Waals surface area (Å²) in [5.41, 5.74) is 6.05. The lowest BCUT2D eigenvalue weighted by molar-refractivity contribution is -0.384. The molecular formula is C12H11ClN4O3S. The highest BCUT2D eigenvalue weighted by atomic mass is 35.5. The number of halogens is 1. The maximum atomic E-state index is 12.0. The number of hydrogen-bond donors (Lipinski definition) is 2. The SMILES string of the molecule is CC(N)c1nc(C(=O)Nc2ccc([N+](=O)[O-])c(Cl)c2)cs1. The number of nitrogens with two attached hydrogens (primary N) is 1. The normalized spacial score (nSPS) is 12.0. The molecule has 0 spiro atoms. The van der Waals surface area contributed by atoms with Crippen molar-refractivity contribution in [3.63, 3.8) is 0 Å². The van der Waals surface area contributed by atoms with Gasteiger partial charge in [0.2, 0.25) is 0 Å². The number of hydrogen-bond acceptors (Lipinski definition) is 6. The molecule has 1 unspecified atom stereocenters. The second-order valence-corrected chi connectivity index (χ2v) is 5.53. The number of amides is 1. The highest BCUT2D eigenvalue weighted by Gasteiger charge is 2.16. The van der Waals surface area contributed by atoms with E-state index in [9.17, 15) is 14.9 Å². The number of anilines is 1. The van der Waals surface area contributed by atoms with Crippen molar-refractivity contribution in [1.29, 1.82) is 0 Å². The van der Waals surface area contributed by atoms with E-state index in [-0.39, 0.29) is 22.4 Å². The second kappa shape index (κ2) is 6.17. The fourth-order valence-electron chi connectivity index (χ4n) is 1.53. The summed E-state index contributed by atoms with van der Waals surface area (Å²) < 4.78 is 0. The zero-order valence-electron chi connectivity index (χ0n) is 10.9. The van der Waals surface area contributed by atoms with Crippen LogP contribution in [0, 0.1) is 10.1 Å². The van der Waals surface area contributed by atoms with Gasteiger partial charge in [0.25, 0.3) is 11.6 Å². The average Bonchev–Trinajstić information content (AvgIpc) is 2.88. The molecule has 7 nitrogen and oxygen atoms in total. The highest BCUT2D eigenvalue weighted by molar-refractivity contribution is 7.09. The van der Waals surface area contributed by atoms with Gasteiger partial charge >= 0.3 is 0 Å². The first-order valence-corrected chi connectivity index (χ1v) is 7.10. The Bertz CT molecular complexity index is 702. The summed E-state index contributed by atoms with van der Waals surface area (Å²) in [7, 11) is 0. The summed E-state index contributed by atoms with van der Waals surface area (Å²) in [4.78, 5) is 26.2. The number of thiazole rings is 1. The monoisotopic (exact) mass is 326 g/mol. The Morgan fingerprint density at radius 2 is 2.29 bits per heavy atom. The molecular weight excluding hydrogens is 316 g/mol. The summed E-state index contributed by atoms with van der Waals surface area (Å²) >= 11 is 7.07. The number of benzene rings is 1. The van der Waals surface area contributed by atoms with E-state index in [2.05, 4.69) is 10.3 Å². The summed E-state index contributed by atoms with van der Waals surface area (Å²) in [5.74, 6) is -0.428. The summed E-state index contributed by atoms with van der Waals surface area (Å²) in [6.07, 6.45) is 0. The lowest BCUT2D eigenvalue weighted by atomic mass is 10.2. The Balaban J connectivity index is 2.15. The zero-order chi connectivity index (χ0) is 15.6. The molecule has 1 atom stereocenters. The van der Waals surface area contributed by atoms with Crippen molar-refractivity contribution in [2.45, 2.75) is 13.0 Å². The van der Waals surface area contributed by atoms with Crippen molar-refractivity contribution in [2.75, 3.05) is 5.32 Å². The Morgan fingerprint density at radius 3 is 2.81 bits per heavy atom. The number of rotatable bonds is 4. The number of nitro benzene ring substituents is 1. The van der Waals surface area contributed by atoms with Crippen molar-refractivity contribution in [3.8, 4) is 0 Å². The van der Waals surface area contributed by atoms with Crippen molar-refractivity contribution in [3.05, 3.63) is 49.4 Å². The minimum atomic E-state index is -0.594. The van der Waals surface area contributed by atoms with E-state index in [0.717, 1.165) is 0 Å². The zero-order valence-corrected chi connectivity index (χ0v) is 12.4. The maximum absolute atomic E-state index is 12.0. The molecule has 110 valence electrons. The predicted molar refractivity (Wildman–Crippen MR) is 80.8 cm³/mol. The summed E-state index contributed by atoms with van der Waals surface area (Å²) in [6, 6.07) is 3.70. The molecule has 1 heterocycles. The third kappa shape index (κ3) is 3.54. The van der Waals surface area contributed by atoms with Crippen molar-refractivity contribution in [2.24, 2.45) is 5.73 Å². The van der Waals surface area contributed by atoms with Gasteiger partial charge in [-0.15, -0.1) is 11.3 Å². The molecule has 21 heavy (non-hydrogen) atoms. The predicted octanol–water partition coefficient (Wildman–Crippen LogP) is 2.98. The van der Waals surface area contributed by atoms with Crippen LogP contribution in [0.4, 0.5) is 11.4 Å². The first-order valence-electron chi connectivity index (χ1n) is 5.84. The minimum absolute atomic E-state index is 0.0488. The Kier molecular flexibility index (Phi) is 4.51. The molecule has 3 N–H and O–H groups in total. The fraction of sp³-hybridized carbons (Fsp3) is 0.167. The second-order valence-electron chi connectivity index (χ2n) is 4.24. The van der Waals surface area contributed by atoms with Crippen molar-refractivity contribution >= 4 is 40.2 Å². The van der Waals surface area contributed by atoms with Crippen LogP contribution >= 0.6 is 22.9 Å². The molecule has 2 rings (SSSR count). The molecule has 2 aromatic rings. The van der Waals surface area contributed by atoms with Gasteiger partial charge in [0, 0.05) is 17.1 Å². The molecule has 0 fully saturated rings.